The summed E-state index contributed by atoms with van der Waals surface area (Å²) in [6, 6.07) is 20.2. The van der Waals surface area contributed by atoms with E-state index in [-0.39, 0.29) is 0 Å². The first-order valence-corrected chi connectivity index (χ1v) is 9.79. The normalized spacial score (nSPS) is 10.9. The van der Waals surface area contributed by atoms with Gasteiger partial charge in [0.2, 0.25) is 0 Å². The first-order valence-electron chi connectivity index (χ1n) is 9.41. The number of halogens is 1. The Kier molecular flexibility index (Phi) is 5.16. The first-order chi connectivity index (χ1) is 14.0. The highest BCUT2D eigenvalue weighted by Crippen LogP contribution is 2.40. The van der Waals surface area contributed by atoms with Gasteiger partial charge in [0.1, 0.15) is 0 Å². The van der Waals surface area contributed by atoms with Gasteiger partial charge in [-0.15, -0.1) is 0 Å². The van der Waals surface area contributed by atoms with Crippen LogP contribution >= 0.6 is 11.6 Å². The Morgan fingerprint density at radius 2 is 1.21 bits per heavy atom. The van der Waals surface area contributed by atoms with Crippen molar-refractivity contribution in [1.29, 1.82) is 0 Å². The van der Waals surface area contributed by atoms with E-state index in [2.05, 4.69) is 38.1 Å². The van der Waals surface area contributed by atoms with Gasteiger partial charge in [0, 0.05) is 21.5 Å². The fraction of sp³-hybridized carbons (Fsp3) is 0.160. The number of ether oxygens (including phenoxy) is 2. The molecule has 146 valence electrons. The fourth-order valence-electron chi connectivity index (χ4n) is 3.59. The van der Waals surface area contributed by atoms with Crippen LogP contribution < -0.4 is 9.47 Å². The smallest absolute Gasteiger partial charge is 0.161 e. The van der Waals surface area contributed by atoms with Gasteiger partial charge in [-0.1, -0.05) is 53.6 Å². The Labute approximate surface area is 175 Å². The summed E-state index contributed by atoms with van der Waals surface area (Å²) >= 11 is 6.10. The molecule has 3 aromatic carbocycles. The minimum atomic E-state index is 0.689. The van der Waals surface area contributed by atoms with Crippen LogP contribution in [0.2, 0.25) is 5.02 Å². The lowest BCUT2D eigenvalue weighted by Crippen LogP contribution is -1.98. The van der Waals surface area contributed by atoms with E-state index in [9.17, 15) is 0 Å². The maximum absolute atomic E-state index is 6.10. The van der Waals surface area contributed by atoms with Crippen LogP contribution in [0.3, 0.4) is 0 Å². The Morgan fingerprint density at radius 1 is 0.690 bits per heavy atom. The minimum absolute atomic E-state index is 0.689. The first kappa shape index (κ1) is 19.3. The number of pyridine rings is 1. The van der Waals surface area contributed by atoms with E-state index < -0.39 is 0 Å². The molecule has 0 aliphatic carbocycles. The van der Waals surface area contributed by atoms with Gasteiger partial charge in [0.25, 0.3) is 0 Å². The van der Waals surface area contributed by atoms with E-state index in [0.29, 0.717) is 16.5 Å². The zero-order valence-electron chi connectivity index (χ0n) is 16.9. The second-order valence-electron chi connectivity index (χ2n) is 7.06. The molecule has 0 amide bonds. The molecule has 0 atom stereocenters. The molecule has 1 aromatic heterocycles. The largest absolute Gasteiger partial charge is 0.493 e. The molecule has 29 heavy (non-hydrogen) atoms. The van der Waals surface area contributed by atoms with Crippen molar-refractivity contribution in [2.24, 2.45) is 0 Å². The minimum Gasteiger partial charge on any atom is -0.493 e. The summed E-state index contributed by atoms with van der Waals surface area (Å²) in [5.74, 6) is 1.39. The monoisotopic (exact) mass is 403 g/mol. The molecule has 0 saturated carbocycles. The van der Waals surface area contributed by atoms with E-state index in [1.54, 1.807) is 14.2 Å². The van der Waals surface area contributed by atoms with Gasteiger partial charge >= 0.3 is 0 Å². The van der Waals surface area contributed by atoms with E-state index in [1.165, 1.54) is 5.56 Å². The number of benzene rings is 3. The zero-order chi connectivity index (χ0) is 20.5. The third-order valence-corrected chi connectivity index (χ3v) is 5.46. The average Bonchev–Trinajstić information content (AvgIpc) is 2.75. The molecule has 0 aliphatic rings. The lowest BCUT2D eigenvalue weighted by Gasteiger charge is -2.17. The number of methoxy groups -OCH3 is 2. The number of fused-ring (bicyclic) bond motifs is 1. The van der Waals surface area contributed by atoms with Gasteiger partial charge in [-0.2, -0.15) is 0 Å². The SMILES string of the molecule is COc1cc2c(-c3ccc(C)cc3)nc(-c3ccc(Cl)cc3)c(C)c2cc1OC. The Morgan fingerprint density at radius 3 is 1.79 bits per heavy atom. The van der Waals surface area contributed by atoms with Gasteiger partial charge in [-0.05, 0) is 49.1 Å². The summed E-state index contributed by atoms with van der Waals surface area (Å²) in [7, 11) is 3.30. The van der Waals surface area contributed by atoms with Crippen molar-refractivity contribution < 1.29 is 9.47 Å². The second kappa shape index (κ2) is 7.76. The summed E-state index contributed by atoms with van der Waals surface area (Å²) in [5.41, 5.74) is 6.22. The molecule has 0 aliphatic heterocycles. The molecular formula is C25H22ClNO2. The van der Waals surface area contributed by atoms with Crippen LogP contribution in [0.5, 0.6) is 11.5 Å². The highest BCUT2D eigenvalue weighted by molar-refractivity contribution is 6.30. The lowest BCUT2D eigenvalue weighted by atomic mass is 9.95. The molecule has 0 unspecified atom stereocenters. The molecule has 0 saturated heterocycles. The standard InChI is InChI=1S/C25H22ClNO2/c1-15-5-7-18(8-6-15)25-21-14-23(29-4)22(28-3)13-20(21)16(2)24(27-25)17-9-11-19(26)12-10-17/h5-14H,1-4H3. The van der Waals surface area contributed by atoms with Gasteiger partial charge in [0.15, 0.2) is 11.5 Å². The number of hydrogen-bond acceptors (Lipinski definition) is 3. The Balaban J connectivity index is 2.08. The molecule has 4 rings (SSSR count). The molecule has 0 N–H and O–H groups in total. The number of nitrogens with zero attached hydrogens (tertiary/aromatic N) is 1. The molecular weight excluding hydrogens is 382 g/mol. The highest BCUT2D eigenvalue weighted by atomic mass is 35.5. The molecule has 0 fully saturated rings. The lowest BCUT2D eigenvalue weighted by molar-refractivity contribution is 0.356. The Hall–Kier alpha value is -3.04. The van der Waals surface area contributed by atoms with Crippen molar-refractivity contribution in [1.82, 2.24) is 4.98 Å². The summed E-state index contributed by atoms with van der Waals surface area (Å²) < 4.78 is 11.1. The van der Waals surface area contributed by atoms with Crippen LogP contribution in [0.25, 0.3) is 33.3 Å². The molecule has 0 radical (unpaired) electrons. The fourth-order valence-corrected chi connectivity index (χ4v) is 3.71. The van der Waals surface area contributed by atoms with E-state index in [4.69, 9.17) is 26.1 Å². The summed E-state index contributed by atoms with van der Waals surface area (Å²) in [6.07, 6.45) is 0. The maximum atomic E-state index is 6.10. The topological polar surface area (TPSA) is 31.4 Å². The Bertz CT molecular complexity index is 1180. The average molecular weight is 404 g/mol. The third kappa shape index (κ3) is 3.54. The zero-order valence-corrected chi connectivity index (χ0v) is 17.7. The van der Waals surface area contributed by atoms with E-state index in [1.807, 2.05) is 36.4 Å². The van der Waals surface area contributed by atoms with Crippen molar-refractivity contribution in [3.63, 3.8) is 0 Å². The van der Waals surface area contributed by atoms with Gasteiger partial charge in [-0.25, -0.2) is 4.98 Å². The molecule has 0 bridgehead atoms. The van der Waals surface area contributed by atoms with Crippen LogP contribution in [-0.2, 0) is 0 Å². The molecule has 4 aromatic rings. The number of aromatic nitrogens is 1. The highest BCUT2D eigenvalue weighted by Gasteiger charge is 2.17. The van der Waals surface area contributed by atoms with Crippen molar-refractivity contribution in [3.8, 4) is 34.0 Å². The van der Waals surface area contributed by atoms with Crippen LogP contribution in [0.4, 0.5) is 0 Å². The van der Waals surface area contributed by atoms with Gasteiger partial charge in [0.05, 0.1) is 25.6 Å². The van der Waals surface area contributed by atoms with Crippen LogP contribution in [-0.4, -0.2) is 19.2 Å². The predicted molar refractivity (Wildman–Crippen MR) is 120 cm³/mol. The number of hydrogen-bond donors (Lipinski definition) is 0. The molecule has 4 heteroatoms. The summed E-state index contributed by atoms with van der Waals surface area (Å²) in [4.78, 5) is 5.09. The van der Waals surface area contributed by atoms with Crippen LogP contribution in [0.1, 0.15) is 11.1 Å². The van der Waals surface area contributed by atoms with Crippen molar-refractivity contribution in [2.45, 2.75) is 13.8 Å². The maximum Gasteiger partial charge on any atom is 0.161 e. The van der Waals surface area contributed by atoms with Gasteiger partial charge in [-0.3, -0.25) is 0 Å². The predicted octanol–water partition coefficient (Wildman–Crippen LogP) is 6.86. The van der Waals surface area contributed by atoms with Crippen LogP contribution in [0, 0.1) is 13.8 Å². The van der Waals surface area contributed by atoms with E-state index in [0.717, 1.165) is 38.9 Å². The van der Waals surface area contributed by atoms with Crippen molar-refractivity contribution in [2.75, 3.05) is 14.2 Å². The summed E-state index contributed by atoms with van der Waals surface area (Å²) in [5, 5.41) is 2.82. The number of rotatable bonds is 4. The van der Waals surface area contributed by atoms with Crippen molar-refractivity contribution >= 4 is 22.4 Å². The summed E-state index contributed by atoms with van der Waals surface area (Å²) in [6.45, 7) is 4.17. The van der Waals surface area contributed by atoms with Gasteiger partial charge < -0.3 is 9.47 Å². The molecule has 3 nitrogen and oxygen atoms in total. The second-order valence-corrected chi connectivity index (χ2v) is 7.50. The van der Waals surface area contributed by atoms with E-state index >= 15 is 0 Å². The molecule has 1 heterocycles. The number of aryl methyl sites for hydroxylation is 2. The van der Waals surface area contributed by atoms with Crippen molar-refractivity contribution in [3.05, 3.63) is 76.8 Å². The quantitative estimate of drug-likeness (QED) is 0.373. The molecule has 0 spiro atoms. The van der Waals surface area contributed by atoms with Crippen LogP contribution in [0.15, 0.2) is 60.7 Å². The third-order valence-electron chi connectivity index (χ3n) is 5.20.